The summed E-state index contributed by atoms with van der Waals surface area (Å²) in [5.41, 5.74) is 1.44. The Bertz CT molecular complexity index is 816. The molecule has 7 nitrogen and oxygen atoms in total. The number of anilines is 1. The molecule has 0 aliphatic heterocycles. The summed E-state index contributed by atoms with van der Waals surface area (Å²) in [5.74, 6) is 1.16. The van der Waals surface area contributed by atoms with E-state index in [0.29, 0.717) is 23.9 Å². The maximum Gasteiger partial charge on any atom is 0.319 e. The third-order valence-electron chi connectivity index (χ3n) is 3.35. The lowest BCUT2D eigenvalue weighted by molar-refractivity contribution is 0.251. The molecule has 0 saturated heterocycles. The van der Waals surface area contributed by atoms with Crippen LogP contribution in [0, 0.1) is 6.92 Å². The fraction of sp³-hybridized carbons (Fsp3) is 0.250. The molecule has 3 rings (SSSR count). The lowest BCUT2D eigenvalue weighted by atomic mass is 10.2. The van der Waals surface area contributed by atoms with Crippen LogP contribution in [0.15, 0.2) is 40.4 Å². The van der Waals surface area contributed by atoms with Gasteiger partial charge in [-0.2, -0.15) is 4.98 Å². The van der Waals surface area contributed by atoms with Crippen LogP contribution in [-0.4, -0.2) is 27.7 Å². The summed E-state index contributed by atoms with van der Waals surface area (Å²) in [4.78, 5) is 20.5. The van der Waals surface area contributed by atoms with Crippen LogP contribution < -0.4 is 10.6 Å². The molecule has 0 fully saturated rings. The monoisotopic (exact) mass is 343 g/mol. The molecule has 1 aromatic carbocycles. The highest BCUT2D eigenvalue weighted by Gasteiger charge is 2.11. The molecule has 124 valence electrons. The number of benzene rings is 1. The lowest BCUT2D eigenvalue weighted by Gasteiger charge is -2.11. The van der Waals surface area contributed by atoms with Gasteiger partial charge in [-0.25, -0.2) is 9.78 Å². The van der Waals surface area contributed by atoms with E-state index in [9.17, 15) is 4.79 Å². The number of hydrogen-bond donors (Lipinski definition) is 2. The molecular weight excluding hydrogens is 326 g/mol. The van der Waals surface area contributed by atoms with Crippen molar-refractivity contribution < 1.29 is 9.32 Å². The second-order valence-corrected chi connectivity index (χ2v) is 6.25. The van der Waals surface area contributed by atoms with E-state index in [2.05, 4.69) is 25.8 Å². The largest absolute Gasteiger partial charge is 0.339 e. The predicted molar refractivity (Wildman–Crippen MR) is 92.0 cm³/mol. The molecule has 8 heteroatoms. The number of carbonyl (C=O) groups is 1. The highest BCUT2D eigenvalue weighted by molar-refractivity contribution is 7.09. The second-order valence-electron chi connectivity index (χ2n) is 5.32. The summed E-state index contributed by atoms with van der Waals surface area (Å²) < 4.78 is 4.97. The molecule has 0 bridgehead atoms. The van der Waals surface area contributed by atoms with E-state index in [1.165, 1.54) is 0 Å². The van der Waals surface area contributed by atoms with Crippen LogP contribution in [0.2, 0.25) is 0 Å². The number of nitrogens with one attached hydrogen (secondary N) is 2. The highest BCUT2D eigenvalue weighted by atomic mass is 32.1. The van der Waals surface area contributed by atoms with Crippen LogP contribution >= 0.6 is 11.3 Å². The average Bonchev–Trinajstić information content (AvgIpc) is 3.24. The average molecular weight is 343 g/mol. The standard InChI is InChI=1S/C16H17N5O2S/c1-10(15-17-6-7-24-15)9-18-16(22)20-13-5-3-4-12(8-13)14-19-11(2)23-21-14/h3-8,10H,9H2,1-2H3,(H2,18,20,22)/t10-/m0/s1. The van der Waals surface area contributed by atoms with Gasteiger partial charge in [0, 0.05) is 42.2 Å². The molecule has 0 radical (unpaired) electrons. The lowest BCUT2D eigenvalue weighted by Crippen LogP contribution is -2.31. The van der Waals surface area contributed by atoms with Crippen molar-refractivity contribution in [3.8, 4) is 11.4 Å². The van der Waals surface area contributed by atoms with E-state index in [-0.39, 0.29) is 11.9 Å². The highest BCUT2D eigenvalue weighted by Crippen LogP contribution is 2.20. The van der Waals surface area contributed by atoms with Crippen LogP contribution in [0.1, 0.15) is 23.7 Å². The molecule has 24 heavy (non-hydrogen) atoms. The van der Waals surface area contributed by atoms with Crippen molar-refractivity contribution in [2.24, 2.45) is 0 Å². The topological polar surface area (TPSA) is 92.9 Å². The molecule has 3 aromatic rings. The number of aromatic nitrogens is 3. The van der Waals surface area contributed by atoms with Gasteiger partial charge in [0.15, 0.2) is 0 Å². The van der Waals surface area contributed by atoms with Crippen LogP contribution in [0.25, 0.3) is 11.4 Å². The first-order valence-electron chi connectivity index (χ1n) is 7.47. The predicted octanol–water partition coefficient (Wildman–Crippen LogP) is 3.43. The molecule has 2 aromatic heterocycles. The number of nitrogens with zero attached hydrogens (tertiary/aromatic N) is 3. The number of hydrogen-bond acceptors (Lipinski definition) is 6. The van der Waals surface area contributed by atoms with E-state index in [4.69, 9.17) is 4.52 Å². The summed E-state index contributed by atoms with van der Waals surface area (Å²) in [6.45, 7) is 4.27. The zero-order chi connectivity index (χ0) is 16.9. The minimum absolute atomic E-state index is 0.171. The minimum Gasteiger partial charge on any atom is -0.339 e. The maximum atomic E-state index is 12.0. The first-order valence-corrected chi connectivity index (χ1v) is 8.35. The van der Waals surface area contributed by atoms with Gasteiger partial charge in [-0.1, -0.05) is 24.2 Å². The Morgan fingerprint density at radius 3 is 3.00 bits per heavy atom. The van der Waals surface area contributed by atoms with Crippen molar-refractivity contribution in [2.75, 3.05) is 11.9 Å². The second kappa shape index (κ2) is 7.22. The number of rotatable bonds is 5. The quantitative estimate of drug-likeness (QED) is 0.740. The zero-order valence-corrected chi connectivity index (χ0v) is 14.1. The van der Waals surface area contributed by atoms with Crippen LogP contribution in [0.5, 0.6) is 0 Å². The van der Waals surface area contributed by atoms with Crippen LogP contribution in [-0.2, 0) is 0 Å². The van der Waals surface area contributed by atoms with E-state index in [1.54, 1.807) is 36.6 Å². The number of thiazole rings is 1. The first-order chi connectivity index (χ1) is 11.6. The molecule has 0 spiro atoms. The molecule has 2 amide bonds. The third-order valence-corrected chi connectivity index (χ3v) is 4.36. The van der Waals surface area contributed by atoms with Gasteiger partial charge in [0.1, 0.15) is 0 Å². The third kappa shape index (κ3) is 3.96. The molecule has 0 aliphatic rings. The molecular formula is C16H17N5O2S. The van der Waals surface area contributed by atoms with E-state index in [1.807, 2.05) is 24.4 Å². The van der Waals surface area contributed by atoms with Crippen molar-refractivity contribution in [3.05, 3.63) is 46.7 Å². The van der Waals surface area contributed by atoms with Gasteiger partial charge in [0.2, 0.25) is 11.7 Å². The van der Waals surface area contributed by atoms with Gasteiger partial charge in [-0.15, -0.1) is 11.3 Å². The Morgan fingerprint density at radius 2 is 2.29 bits per heavy atom. The molecule has 0 aliphatic carbocycles. The van der Waals surface area contributed by atoms with Crippen molar-refractivity contribution in [1.29, 1.82) is 0 Å². The van der Waals surface area contributed by atoms with Gasteiger partial charge < -0.3 is 15.2 Å². The Morgan fingerprint density at radius 1 is 1.42 bits per heavy atom. The smallest absolute Gasteiger partial charge is 0.319 e. The Hall–Kier alpha value is -2.74. The Balaban J connectivity index is 1.58. The van der Waals surface area contributed by atoms with Gasteiger partial charge in [-0.05, 0) is 12.1 Å². The SMILES string of the molecule is Cc1nc(-c2cccc(NC(=O)NC[C@H](C)c3nccs3)c2)no1. The Labute approximate surface area is 143 Å². The van der Waals surface area contributed by atoms with Crippen molar-refractivity contribution in [2.45, 2.75) is 19.8 Å². The van der Waals surface area contributed by atoms with Crippen LogP contribution in [0.3, 0.4) is 0 Å². The summed E-state index contributed by atoms with van der Waals surface area (Å²) >= 11 is 1.58. The van der Waals surface area contributed by atoms with Crippen molar-refractivity contribution >= 4 is 23.1 Å². The van der Waals surface area contributed by atoms with Crippen molar-refractivity contribution in [3.63, 3.8) is 0 Å². The summed E-state index contributed by atoms with van der Waals surface area (Å²) in [7, 11) is 0. The fourth-order valence-electron chi connectivity index (χ4n) is 2.14. The van der Waals surface area contributed by atoms with E-state index in [0.717, 1.165) is 10.6 Å². The van der Waals surface area contributed by atoms with Gasteiger partial charge in [0.25, 0.3) is 0 Å². The number of carbonyl (C=O) groups excluding carboxylic acids is 1. The molecule has 1 atom stereocenters. The van der Waals surface area contributed by atoms with Crippen molar-refractivity contribution in [1.82, 2.24) is 20.4 Å². The summed E-state index contributed by atoms with van der Waals surface area (Å²) in [6, 6.07) is 7.03. The van der Waals surface area contributed by atoms with Gasteiger partial charge in [0.05, 0.1) is 5.01 Å². The maximum absolute atomic E-state index is 12.0. The Kier molecular flexibility index (Phi) is 4.85. The van der Waals surface area contributed by atoms with E-state index < -0.39 is 0 Å². The number of aryl methyl sites for hydroxylation is 1. The molecule has 2 N–H and O–H groups in total. The van der Waals surface area contributed by atoms with Gasteiger partial charge in [-0.3, -0.25) is 0 Å². The normalized spacial score (nSPS) is 11.9. The minimum atomic E-state index is -0.264. The zero-order valence-electron chi connectivity index (χ0n) is 13.3. The number of urea groups is 1. The molecule has 0 unspecified atom stereocenters. The molecule has 2 heterocycles. The van der Waals surface area contributed by atoms with Crippen LogP contribution in [0.4, 0.5) is 10.5 Å². The summed E-state index contributed by atoms with van der Waals surface area (Å²) in [6.07, 6.45) is 1.77. The molecule has 0 saturated carbocycles. The number of amides is 2. The van der Waals surface area contributed by atoms with Gasteiger partial charge >= 0.3 is 6.03 Å². The summed E-state index contributed by atoms with van der Waals surface area (Å²) in [5, 5.41) is 12.5. The first kappa shape index (κ1) is 16.1. The van der Waals surface area contributed by atoms with E-state index >= 15 is 0 Å². The fourth-order valence-corrected chi connectivity index (χ4v) is 2.84.